The zero-order chi connectivity index (χ0) is 11.7. The zero-order valence-electron chi connectivity index (χ0n) is 9.19. The monoisotopic (exact) mass is 234 g/mol. The van der Waals surface area contributed by atoms with E-state index in [4.69, 9.17) is 5.73 Å². The summed E-state index contributed by atoms with van der Waals surface area (Å²) in [6, 6.07) is 0. The van der Waals surface area contributed by atoms with Crippen LogP contribution in [0.2, 0.25) is 0 Å². The minimum atomic E-state index is -2.97. The third-order valence-electron chi connectivity index (χ3n) is 2.39. The smallest absolute Gasteiger partial charge is 0.242 e. The van der Waals surface area contributed by atoms with Gasteiger partial charge in [0, 0.05) is 13.1 Å². The summed E-state index contributed by atoms with van der Waals surface area (Å²) in [6.45, 7) is 4.02. The van der Waals surface area contributed by atoms with Crippen molar-refractivity contribution in [1.29, 1.82) is 0 Å². The molecule has 1 aliphatic heterocycles. The van der Waals surface area contributed by atoms with Crippen LogP contribution in [0, 0.1) is 0 Å². The van der Waals surface area contributed by atoms with Crippen molar-refractivity contribution in [1.82, 2.24) is 4.90 Å². The highest BCUT2D eigenvalue weighted by molar-refractivity contribution is 7.91. The lowest BCUT2D eigenvalue weighted by molar-refractivity contribution is -0.135. The van der Waals surface area contributed by atoms with Crippen LogP contribution in [0.15, 0.2) is 0 Å². The van der Waals surface area contributed by atoms with Gasteiger partial charge in [0.25, 0.3) is 0 Å². The van der Waals surface area contributed by atoms with Crippen LogP contribution in [0.25, 0.3) is 0 Å². The van der Waals surface area contributed by atoms with Crippen LogP contribution in [-0.2, 0) is 14.6 Å². The lowest BCUT2D eigenvalue weighted by Crippen LogP contribution is -2.51. The summed E-state index contributed by atoms with van der Waals surface area (Å²) in [4.78, 5) is 13.3. The Labute approximate surface area is 90.5 Å². The van der Waals surface area contributed by atoms with E-state index in [-0.39, 0.29) is 24.0 Å². The lowest BCUT2D eigenvalue weighted by Gasteiger charge is -2.27. The maximum absolute atomic E-state index is 11.8. The van der Waals surface area contributed by atoms with E-state index in [9.17, 15) is 13.2 Å². The van der Waals surface area contributed by atoms with Crippen molar-refractivity contribution < 1.29 is 13.2 Å². The van der Waals surface area contributed by atoms with Crippen LogP contribution in [-0.4, -0.2) is 49.4 Å². The van der Waals surface area contributed by atoms with Gasteiger partial charge in [-0.3, -0.25) is 4.79 Å². The molecule has 1 rings (SSSR count). The Morgan fingerprint density at radius 1 is 1.27 bits per heavy atom. The molecule has 1 aliphatic rings. The molecule has 1 saturated heterocycles. The summed E-state index contributed by atoms with van der Waals surface area (Å²) >= 11 is 0. The Bertz CT molecular complexity index is 343. The fraction of sp³-hybridized carbons (Fsp3) is 0.889. The third-order valence-corrected chi connectivity index (χ3v) is 4.11. The first-order valence-electron chi connectivity index (χ1n) is 5.01. The topological polar surface area (TPSA) is 80.5 Å². The number of rotatable bonds is 1. The molecule has 0 atom stereocenters. The Balaban J connectivity index is 2.71. The molecule has 5 nitrogen and oxygen atoms in total. The van der Waals surface area contributed by atoms with Gasteiger partial charge < -0.3 is 10.6 Å². The second-order valence-corrected chi connectivity index (χ2v) is 6.82. The Morgan fingerprint density at radius 3 is 2.40 bits per heavy atom. The van der Waals surface area contributed by atoms with Gasteiger partial charge in [-0.05, 0) is 20.3 Å². The molecule has 2 N–H and O–H groups in total. The molecule has 88 valence electrons. The van der Waals surface area contributed by atoms with Crippen molar-refractivity contribution >= 4 is 15.7 Å². The number of nitrogens with zero attached hydrogens (tertiary/aromatic N) is 1. The summed E-state index contributed by atoms with van der Waals surface area (Å²) in [5.74, 6) is 0.0379. The number of carbonyl (C=O) groups excluding carboxylic acids is 1. The molecule has 0 bridgehead atoms. The molecule has 0 radical (unpaired) electrons. The largest absolute Gasteiger partial charge is 0.340 e. The molecule has 1 heterocycles. The first kappa shape index (κ1) is 12.4. The molecule has 15 heavy (non-hydrogen) atoms. The second kappa shape index (κ2) is 4.09. The minimum absolute atomic E-state index is 0.0504. The molecule has 1 fully saturated rings. The first-order chi connectivity index (χ1) is 6.72. The SMILES string of the molecule is CC(C)(N)C(=O)N1CCCS(=O)(=O)CC1. The summed E-state index contributed by atoms with van der Waals surface area (Å²) in [6.07, 6.45) is 0.504. The first-order valence-corrected chi connectivity index (χ1v) is 6.83. The van der Waals surface area contributed by atoms with Crippen LogP contribution in [0.4, 0.5) is 0 Å². The molecule has 0 aromatic carbocycles. The third kappa shape index (κ3) is 3.46. The van der Waals surface area contributed by atoms with Crippen LogP contribution in [0.5, 0.6) is 0 Å². The van der Waals surface area contributed by atoms with Gasteiger partial charge >= 0.3 is 0 Å². The number of nitrogens with two attached hydrogens (primary N) is 1. The van der Waals surface area contributed by atoms with Crippen LogP contribution >= 0.6 is 0 Å². The maximum Gasteiger partial charge on any atom is 0.242 e. The highest BCUT2D eigenvalue weighted by Crippen LogP contribution is 2.10. The summed E-state index contributed by atoms with van der Waals surface area (Å²) in [7, 11) is -2.97. The fourth-order valence-electron chi connectivity index (χ4n) is 1.55. The molecule has 0 unspecified atom stereocenters. The molecule has 0 spiro atoms. The van der Waals surface area contributed by atoms with Gasteiger partial charge in [-0.25, -0.2) is 8.42 Å². The average Bonchev–Trinajstić information content (AvgIpc) is 2.23. The number of hydrogen-bond donors (Lipinski definition) is 1. The van der Waals surface area contributed by atoms with Gasteiger partial charge in [-0.2, -0.15) is 0 Å². The Kier molecular flexibility index (Phi) is 3.40. The second-order valence-electron chi connectivity index (χ2n) is 4.52. The van der Waals surface area contributed by atoms with Gasteiger partial charge in [-0.15, -0.1) is 0 Å². The molecule has 1 amide bonds. The summed E-state index contributed by atoms with van der Waals surface area (Å²) < 4.78 is 22.6. The molecule has 6 heteroatoms. The van der Waals surface area contributed by atoms with E-state index in [0.29, 0.717) is 13.0 Å². The van der Waals surface area contributed by atoms with Crippen molar-refractivity contribution in [2.24, 2.45) is 5.73 Å². The predicted octanol–water partition coefficient (Wildman–Crippen LogP) is -0.629. The van der Waals surface area contributed by atoms with E-state index >= 15 is 0 Å². The molecular formula is C9H18N2O3S. The van der Waals surface area contributed by atoms with Crippen LogP contribution in [0.1, 0.15) is 20.3 Å². The van der Waals surface area contributed by atoms with E-state index in [1.54, 1.807) is 18.7 Å². The van der Waals surface area contributed by atoms with Crippen molar-refractivity contribution in [3.8, 4) is 0 Å². The van der Waals surface area contributed by atoms with E-state index in [1.165, 1.54) is 0 Å². The highest BCUT2D eigenvalue weighted by Gasteiger charge is 2.30. The molecule has 0 aromatic heterocycles. The molecular weight excluding hydrogens is 216 g/mol. The van der Waals surface area contributed by atoms with Gasteiger partial charge in [-0.1, -0.05) is 0 Å². The average molecular weight is 234 g/mol. The van der Waals surface area contributed by atoms with Crippen molar-refractivity contribution in [3.05, 3.63) is 0 Å². The lowest BCUT2D eigenvalue weighted by atomic mass is 10.1. The predicted molar refractivity (Wildman–Crippen MR) is 58.1 cm³/mol. The quantitative estimate of drug-likeness (QED) is 0.655. The summed E-state index contributed by atoms with van der Waals surface area (Å²) in [5.41, 5.74) is 4.77. The summed E-state index contributed by atoms with van der Waals surface area (Å²) in [5, 5.41) is 0. The zero-order valence-corrected chi connectivity index (χ0v) is 10.0. The maximum atomic E-state index is 11.8. The van der Waals surface area contributed by atoms with E-state index in [0.717, 1.165) is 0 Å². The molecule has 0 aliphatic carbocycles. The van der Waals surface area contributed by atoms with E-state index in [1.807, 2.05) is 0 Å². The van der Waals surface area contributed by atoms with E-state index in [2.05, 4.69) is 0 Å². The number of hydrogen-bond acceptors (Lipinski definition) is 4. The standard InChI is InChI=1S/C9H18N2O3S/c1-9(2,10)8(12)11-4-3-6-15(13,14)7-5-11/h3-7,10H2,1-2H3. The van der Waals surface area contributed by atoms with E-state index < -0.39 is 15.4 Å². The Morgan fingerprint density at radius 2 is 1.87 bits per heavy atom. The van der Waals surface area contributed by atoms with Crippen molar-refractivity contribution in [2.45, 2.75) is 25.8 Å². The number of sulfone groups is 1. The van der Waals surface area contributed by atoms with Crippen molar-refractivity contribution in [3.63, 3.8) is 0 Å². The highest BCUT2D eigenvalue weighted by atomic mass is 32.2. The van der Waals surface area contributed by atoms with Crippen LogP contribution < -0.4 is 5.73 Å². The molecule has 0 aromatic rings. The number of amides is 1. The van der Waals surface area contributed by atoms with Gasteiger partial charge in [0.1, 0.15) is 0 Å². The minimum Gasteiger partial charge on any atom is -0.340 e. The number of carbonyl (C=O) groups is 1. The Hall–Kier alpha value is -0.620. The fourth-order valence-corrected chi connectivity index (χ4v) is 2.82. The van der Waals surface area contributed by atoms with Gasteiger partial charge in [0.05, 0.1) is 17.0 Å². The van der Waals surface area contributed by atoms with Crippen LogP contribution in [0.3, 0.4) is 0 Å². The van der Waals surface area contributed by atoms with Crippen molar-refractivity contribution in [2.75, 3.05) is 24.6 Å². The normalized spacial score (nSPS) is 22.2. The molecule has 0 saturated carbocycles. The van der Waals surface area contributed by atoms with Gasteiger partial charge in [0.15, 0.2) is 9.84 Å². The van der Waals surface area contributed by atoms with Gasteiger partial charge in [0.2, 0.25) is 5.91 Å².